The molecule has 1 fully saturated rings. The van der Waals surface area contributed by atoms with E-state index in [-0.39, 0.29) is 5.91 Å². The number of hydrogen-bond acceptors (Lipinski definition) is 1. The number of aryl methyl sites for hydroxylation is 1. The number of amides is 1. The number of likely N-dealkylation sites (tertiary alicyclic amines) is 1. The van der Waals surface area contributed by atoms with Crippen LogP contribution in [0.2, 0.25) is 0 Å². The van der Waals surface area contributed by atoms with E-state index in [1.165, 1.54) is 5.56 Å². The van der Waals surface area contributed by atoms with Crippen LogP contribution in [0, 0.1) is 6.92 Å². The third-order valence-corrected chi connectivity index (χ3v) is 4.47. The van der Waals surface area contributed by atoms with Crippen molar-refractivity contribution in [2.45, 2.75) is 32.2 Å². The Morgan fingerprint density at radius 3 is 2.43 bits per heavy atom. The Hall–Kier alpha value is -2.03. The van der Waals surface area contributed by atoms with E-state index in [4.69, 9.17) is 0 Å². The van der Waals surface area contributed by atoms with Crippen LogP contribution in [-0.4, -0.2) is 28.5 Å². The fourth-order valence-corrected chi connectivity index (χ4v) is 3.09. The first-order valence-electron chi connectivity index (χ1n) is 7.69. The van der Waals surface area contributed by atoms with E-state index >= 15 is 0 Å². The number of hydrogen-bond donors (Lipinski definition) is 0. The number of nitrogens with zero attached hydrogens (tertiary/aromatic N) is 2. The van der Waals surface area contributed by atoms with Gasteiger partial charge in [-0.05, 0) is 43.0 Å². The Balaban J connectivity index is 1.57. The molecule has 1 aliphatic rings. The fourth-order valence-electron chi connectivity index (χ4n) is 3.09. The molecule has 110 valence electrons. The molecule has 0 aliphatic carbocycles. The molecule has 0 atom stereocenters. The molecular formula is C18H22N2O. The third kappa shape index (κ3) is 3.18. The highest BCUT2D eigenvalue weighted by Crippen LogP contribution is 2.23. The van der Waals surface area contributed by atoms with E-state index in [0.29, 0.717) is 12.5 Å². The van der Waals surface area contributed by atoms with Crippen molar-refractivity contribution in [2.75, 3.05) is 13.1 Å². The quantitative estimate of drug-likeness (QED) is 0.848. The van der Waals surface area contributed by atoms with Crippen molar-refractivity contribution < 1.29 is 4.79 Å². The highest BCUT2D eigenvalue weighted by molar-refractivity contribution is 5.79. The van der Waals surface area contributed by atoms with E-state index in [1.807, 2.05) is 17.0 Å². The van der Waals surface area contributed by atoms with Crippen molar-refractivity contribution in [2.24, 2.45) is 0 Å². The number of rotatable bonds is 3. The summed E-state index contributed by atoms with van der Waals surface area (Å²) in [5, 5.41) is 0. The molecule has 3 heteroatoms. The molecule has 0 bridgehead atoms. The number of benzene rings is 1. The van der Waals surface area contributed by atoms with Gasteiger partial charge in [-0.15, -0.1) is 0 Å². The van der Waals surface area contributed by atoms with E-state index in [9.17, 15) is 4.79 Å². The predicted octanol–water partition coefficient (Wildman–Crippen LogP) is 3.20. The highest BCUT2D eigenvalue weighted by Gasteiger charge is 2.23. The van der Waals surface area contributed by atoms with Gasteiger partial charge in [0.15, 0.2) is 0 Å². The highest BCUT2D eigenvalue weighted by atomic mass is 16.2. The topological polar surface area (TPSA) is 25.2 Å². The van der Waals surface area contributed by atoms with Crippen LogP contribution >= 0.6 is 0 Å². The van der Waals surface area contributed by atoms with Crippen LogP contribution in [0.25, 0.3) is 0 Å². The van der Waals surface area contributed by atoms with Crippen molar-refractivity contribution in [3.63, 3.8) is 0 Å². The molecule has 3 nitrogen and oxygen atoms in total. The molecule has 0 unspecified atom stereocenters. The summed E-state index contributed by atoms with van der Waals surface area (Å²) in [6.45, 7) is 3.81. The Morgan fingerprint density at radius 2 is 1.76 bits per heavy atom. The fraction of sp³-hybridized carbons (Fsp3) is 0.389. The van der Waals surface area contributed by atoms with Gasteiger partial charge in [0.05, 0.1) is 6.42 Å². The molecule has 3 rings (SSSR count). The minimum Gasteiger partial charge on any atom is -0.351 e. The van der Waals surface area contributed by atoms with Crippen LogP contribution < -0.4 is 0 Å². The van der Waals surface area contributed by atoms with Crippen molar-refractivity contribution in [1.29, 1.82) is 0 Å². The minimum atomic E-state index is 0.259. The number of carbonyl (C=O) groups is 1. The van der Waals surface area contributed by atoms with Crippen LogP contribution in [0.4, 0.5) is 0 Å². The van der Waals surface area contributed by atoms with Gasteiger partial charge < -0.3 is 9.47 Å². The summed E-state index contributed by atoms with van der Waals surface area (Å²) in [6, 6.07) is 12.8. The largest absolute Gasteiger partial charge is 0.351 e. The standard InChI is InChI=1S/C18H22N2O/c1-15-6-2-3-7-16(15)14-18(21)20-12-8-17(9-13-20)19-10-4-5-11-19/h2-7,10-11,17H,8-9,12-14H2,1H3. The SMILES string of the molecule is Cc1ccccc1CC(=O)N1CCC(n2cccc2)CC1. The molecule has 0 N–H and O–H groups in total. The average molecular weight is 282 g/mol. The summed E-state index contributed by atoms with van der Waals surface area (Å²) in [4.78, 5) is 14.5. The molecule has 1 aliphatic heterocycles. The first-order valence-corrected chi connectivity index (χ1v) is 7.69. The third-order valence-electron chi connectivity index (χ3n) is 4.47. The summed E-state index contributed by atoms with van der Waals surface area (Å²) in [6.07, 6.45) is 6.87. The molecule has 0 radical (unpaired) electrons. The first kappa shape index (κ1) is 13.9. The second-order valence-corrected chi connectivity index (χ2v) is 5.85. The van der Waals surface area contributed by atoms with Gasteiger partial charge in [-0.25, -0.2) is 0 Å². The summed E-state index contributed by atoms with van der Waals surface area (Å²) >= 11 is 0. The Morgan fingerprint density at radius 1 is 1.10 bits per heavy atom. The van der Waals surface area contributed by atoms with Crippen LogP contribution in [0.3, 0.4) is 0 Å². The lowest BCUT2D eigenvalue weighted by Crippen LogP contribution is -2.39. The van der Waals surface area contributed by atoms with Gasteiger partial charge in [0.25, 0.3) is 0 Å². The van der Waals surface area contributed by atoms with Gasteiger partial charge in [-0.1, -0.05) is 24.3 Å². The Labute approximate surface area is 126 Å². The zero-order valence-electron chi connectivity index (χ0n) is 12.5. The lowest BCUT2D eigenvalue weighted by molar-refractivity contribution is -0.131. The Kier molecular flexibility index (Phi) is 4.09. The molecule has 1 aromatic heterocycles. The van der Waals surface area contributed by atoms with Gasteiger partial charge in [-0.3, -0.25) is 4.79 Å². The lowest BCUT2D eigenvalue weighted by atomic mass is 10.0. The van der Waals surface area contributed by atoms with E-state index in [1.54, 1.807) is 0 Å². The van der Waals surface area contributed by atoms with E-state index < -0.39 is 0 Å². The summed E-state index contributed by atoms with van der Waals surface area (Å²) < 4.78 is 2.27. The maximum atomic E-state index is 12.4. The second-order valence-electron chi connectivity index (χ2n) is 5.85. The molecule has 2 aromatic rings. The van der Waals surface area contributed by atoms with Gasteiger partial charge >= 0.3 is 0 Å². The maximum absolute atomic E-state index is 12.4. The molecule has 0 saturated carbocycles. The van der Waals surface area contributed by atoms with Crippen molar-refractivity contribution in [1.82, 2.24) is 9.47 Å². The van der Waals surface area contributed by atoms with Gasteiger partial charge in [0.2, 0.25) is 5.91 Å². The van der Waals surface area contributed by atoms with E-state index in [2.05, 4.69) is 48.1 Å². The zero-order chi connectivity index (χ0) is 14.7. The number of aromatic nitrogens is 1. The summed E-state index contributed by atoms with van der Waals surface area (Å²) in [7, 11) is 0. The molecule has 0 spiro atoms. The van der Waals surface area contributed by atoms with Gasteiger partial charge in [-0.2, -0.15) is 0 Å². The monoisotopic (exact) mass is 282 g/mol. The molecule has 1 aromatic carbocycles. The maximum Gasteiger partial charge on any atom is 0.227 e. The predicted molar refractivity (Wildman–Crippen MR) is 84.2 cm³/mol. The molecule has 1 amide bonds. The first-order chi connectivity index (χ1) is 10.2. The minimum absolute atomic E-state index is 0.259. The summed E-state index contributed by atoms with van der Waals surface area (Å²) in [5.74, 6) is 0.259. The lowest BCUT2D eigenvalue weighted by Gasteiger charge is -2.33. The van der Waals surface area contributed by atoms with Gasteiger partial charge in [0, 0.05) is 31.5 Å². The molecular weight excluding hydrogens is 260 g/mol. The number of piperidine rings is 1. The number of carbonyl (C=O) groups excluding carboxylic acids is 1. The van der Waals surface area contributed by atoms with Crippen molar-refractivity contribution >= 4 is 5.91 Å². The average Bonchev–Trinajstić information content (AvgIpc) is 3.04. The zero-order valence-corrected chi connectivity index (χ0v) is 12.5. The van der Waals surface area contributed by atoms with E-state index in [0.717, 1.165) is 31.5 Å². The van der Waals surface area contributed by atoms with Crippen LogP contribution in [-0.2, 0) is 11.2 Å². The normalized spacial score (nSPS) is 16.1. The van der Waals surface area contributed by atoms with Crippen molar-refractivity contribution in [3.8, 4) is 0 Å². The van der Waals surface area contributed by atoms with Crippen LogP contribution in [0.1, 0.15) is 30.0 Å². The van der Waals surface area contributed by atoms with Crippen LogP contribution in [0.5, 0.6) is 0 Å². The van der Waals surface area contributed by atoms with Gasteiger partial charge in [0.1, 0.15) is 0 Å². The smallest absolute Gasteiger partial charge is 0.227 e. The Bertz CT molecular complexity index is 595. The molecule has 21 heavy (non-hydrogen) atoms. The summed E-state index contributed by atoms with van der Waals surface area (Å²) in [5.41, 5.74) is 2.35. The van der Waals surface area contributed by atoms with Crippen LogP contribution in [0.15, 0.2) is 48.8 Å². The molecule has 2 heterocycles. The molecule has 1 saturated heterocycles. The van der Waals surface area contributed by atoms with Crippen molar-refractivity contribution in [3.05, 3.63) is 59.9 Å². The second kappa shape index (κ2) is 6.17.